The molecular weight excluding hydrogens is 236 g/mol. The molecule has 2 nitrogen and oxygen atoms in total. The van der Waals surface area contributed by atoms with Gasteiger partial charge in [-0.1, -0.05) is 54.9 Å². The van der Waals surface area contributed by atoms with Crippen molar-refractivity contribution < 1.29 is 13.6 Å². The number of hydrogen-bond donors (Lipinski definition) is 1. The molecule has 0 atom stereocenters. The first-order valence-corrected chi connectivity index (χ1v) is 6.79. The maximum absolute atomic E-state index is 11.9. The molecule has 0 saturated carbocycles. The molecule has 0 rings (SSSR count). The van der Waals surface area contributed by atoms with E-state index >= 15 is 0 Å². The Balaban J connectivity index is -0.0000000909. The molecule has 0 aromatic heterocycles. The van der Waals surface area contributed by atoms with Crippen molar-refractivity contribution in [2.45, 2.75) is 74.7 Å². The van der Waals surface area contributed by atoms with E-state index in [2.05, 4.69) is 34.6 Å². The summed E-state index contributed by atoms with van der Waals surface area (Å²) in [6.07, 6.45) is 1.25. The summed E-state index contributed by atoms with van der Waals surface area (Å²) in [6.45, 7) is 17.1. The van der Waals surface area contributed by atoms with Crippen molar-refractivity contribution >= 4 is 5.91 Å². The second-order valence-electron chi connectivity index (χ2n) is 4.19. The Kier molecular flexibility index (Phi) is 27.0. The fourth-order valence-electron chi connectivity index (χ4n) is 0.316. The van der Waals surface area contributed by atoms with Gasteiger partial charge in [0.05, 0.1) is 0 Å². The number of halogens is 2. The van der Waals surface area contributed by atoms with Crippen molar-refractivity contribution in [1.29, 1.82) is 0 Å². The molecule has 0 heterocycles. The number of alkyl halides is 2. The summed E-state index contributed by atoms with van der Waals surface area (Å²) in [5.41, 5.74) is 0. The lowest BCUT2D eigenvalue weighted by Gasteiger charge is -2.07. The molecule has 4 heteroatoms. The summed E-state index contributed by atoms with van der Waals surface area (Å²) in [5.74, 6) is -3.62. The van der Waals surface area contributed by atoms with Crippen molar-refractivity contribution in [2.75, 3.05) is 6.54 Å². The Labute approximate surface area is 113 Å². The van der Waals surface area contributed by atoms with Gasteiger partial charge in [-0.25, -0.2) is 0 Å². The van der Waals surface area contributed by atoms with Gasteiger partial charge in [0, 0.05) is 13.5 Å². The third-order valence-electron chi connectivity index (χ3n) is 0.736. The second-order valence-corrected chi connectivity index (χ2v) is 4.19. The topological polar surface area (TPSA) is 29.1 Å². The third kappa shape index (κ3) is 45.4. The van der Waals surface area contributed by atoms with Crippen LogP contribution in [0.5, 0.6) is 0 Å². The number of carbonyl (C=O) groups excluding carboxylic acids is 1. The fraction of sp³-hybridized carbons (Fsp3) is 0.929. The van der Waals surface area contributed by atoms with Crippen LogP contribution in [0.25, 0.3) is 0 Å². The lowest BCUT2D eigenvalue weighted by atomic mass is 10.3. The number of hydrogen-bond acceptors (Lipinski definition) is 1. The summed E-state index contributed by atoms with van der Waals surface area (Å²) in [4.78, 5) is 10.2. The molecule has 0 aliphatic carbocycles. The number of nitrogens with one attached hydrogen (secondary N) is 1. The molecule has 0 radical (unpaired) electrons. The summed E-state index contributed by atoms with van der Waals surface area (Å²) < 4.78 is 23.8. The molecule has 0 fully saturated rings. The van der Waals surface area contributed by atoms with Gasteiger partial charge in [-0.05, 0) is 12.8 Å². The average Bonchev–Trinajstić information content (AvgIpc) is 2.20. The first kappa shape index (κ1) is 26.0. The molecule has 0 unspecified atom stereocenters. The van der Waals surface area contributed by atoms with Gasteiger partial charge in [-0.2, -0.15) is 8.78 Å². The van der Waals surface area contributed by atoms with Crippen LogP contribution in [0.2, 0.25) is 0 Å². The molecule has 0 saturated heterocycles. The largest absolute Gasteiger partial charge is 0.351 e. The van der Waals surface area contributed by atoms with E-state index in [1.807, 2.05) is 19.2 Å². The van der Waals surface area contributed by atoms with Crippen LogP contribution in [-0.4, -0.2) is 18.4 Å². The van der Waals surface area contributed by atoms with Gasteiger partial charge < -0.3 is 5.32 Å². The van der Waals surface area contributed by atoms with E-state index in [1.165, 1.54) is 6.42 Å². The van der Waals surface area contributed by atoms with E-state index < -0.39 is 11.8 Å². The predicted molar refractivity (Wildman–Crippen MR) is 77.1 cm³/mol. The predicted octanol–water partition coefficient (Wildman–Crippen LogP) is 4.88. The highest BCUT2D eigenvalue weighted by molar-refractivity contribution is 5.82. The molecule has 1 N–H and O–H groups in total. The van der Waals surface area contributed by atoms with E-state index in [0.29, 0.717) is 6.92 Å². The fourth-order valence-corrected chi connectivity index (χ4v) is 0.316. The number of amides is 1. The zero-order valence-electron chi connectivity index (χ0n) is 13.7. The average molecular weight is 269 g/mol. The van der Waals surface area contributed by atoms with Crippen LogP contribution in [0.15, 0.2) is 0 Å². The van der Waals surface area contributed by atoms with Crippen LogP contribution in [0, 0.1) is 5.92 Å². The third-order valence-corrected chi connectivity index (χ3v) is 0.736. The minimum atomic E-state index is -3.24. The molecule has 0 aromatic rings. The molecule has 18 heavy (non-hydrogen) atoms. The Morgan fingerprint density at radius 1 is 1.11 bits per heavy atom. The van der Waals surface area contributed by atoms with Gasteiger partial charge in [-0.15, -0.1) is 0 Å². The van der Waals surface area contributed by atoms with Crippen molar-refractivity contribution in [3.63, 3.8) is 0 Å². The Hall–Kier alpha value is -0.670. The quantitative estimate of drug-likeness (QED) is 0.760. The SMILES string of the molecule is CC.CC(C)C.CCC.CCNC(=O)C(C)(F)F. The van der Waals surface area contributed by atoms with Gasteiger partial charge in [0.2, 0.25) is 0 Å². The molecule has 0 bridgehead atoms. The van der Waals surface area contributed by atoms with E-state index in [1.54, 1.807) is 6.92 Å². The maximum atomic E-state index is 11.9. The first-order chi connectivity index (χ1) is 8.13. The van der Waals surface area contributed by atoms with Crippen LogP contribution in [0.1, 0.15) is 68.7 Å². The highest BCUT2D eigenvalue weighted by atomic mass is 19.3. The highest BCUT2D eigenvalue weighted by Gasteiger charge is 2.31. The molecule has 0 aliphatic rings. The van der Waals surface area contributed by atoms with Gasteiger partial charge in [0.1, 0.15) is 0 Å². The van der Waals surface area contributed by atoms with Gasteiger partial charge in [-0.3, -0.25) is 4.79 Å². The van der Waals surface area contributed by atoms with Gasteiger partial charge in [0.25, 0.3) is 5.91 Å². The van der Waals surface area contributed by atoms with Gasteiger partial charge >= 0.3 is 5.92 Å². The minimum absolute atomic E-state index is 0.238. The lowest BCUT2D eigenvalue weighted by molar-refractivity contribution is -0.142. The molecule has 114 valence electrons. The normalized spacial score (nSPS) is 8.89. The Morgan fingerprint density at radius 3 is 1.39 bits per heavy atom. The van der Waals surface area contributed by atoms with Gasteiger partial charge in [0.15, 0.2) is 0 Å². The van der Waals surface area contributed by atoms with Crippen LogP contribution in [0.3, 0.4) is 0 Å². The van der Waals surface area contributed by atoms with Crippen LogP contribution in [-0.2, 0) is 4.79 Å². The number of rotatable bonds is 2. The summed E-state index contributed by atoms with van der Waals surface area (Å²) in [6, 6.07) is 0. The molecule has 1 amide bonds. The second kappa shape index (κ2) is 18.7. The molecular formula is C14H33F2NO. The van der Waals surface area contributed by atoms with Crippen molar-refractivity contribution in [3.05, 3.63) is 0 Å². The van der Waals surface area contributed by atoms with Crippen LogP contribution >= 0.6 is 0 Å². The minimum Gasteiger partial charge on any atom is -0.351 e. The molecule has 0 aromatic carbocycles. The molecule has 0 aliphatic heterocycles. The van der Waals surface area contributed by atoms with E-state index in [0.717, 1.165) is 5.92 Å². The first-order valence-electron chi connectivity index (χ1n) is 6.79. The smallest absolute Gasteiger partial charge is 0.321 e. The highest BCUT2D eigenvalue weighted by Crippen LogP contribution is 2.10. The maximum Gasteiger partial charge on any atom is 0.321 e. The summed E-state index contributed by atoms with van der Waals surface area (Å²) >= 11 is 0. The van der Waals surface area contributed by atoms with Crippen LogP contribution < -0.4 is 5.32 Å². The van der Waals surface area contributed by atoms with E-state index in [-0.39, 0.29) is 6.54 Å². The summed E-state index contributed by atoms with van der Waals surface area (Å²) in [7, 11) is 0. The summed E-state index contributed by atoms with van der Waals surface area (Å²) in [5, 5.41) is 2.00. The number of carbonyl (C=O) groups is 1. The lowest BCUT2D eigenvalue weighted by Crippen LogP contribution is -2.37. The van der Waals surface area contributed by atoms with Crippen LogP contribution in [0.4, 0.5) is 8.78 Å². The standard InChI is InChI=1S/C5H9F2NO.C4H10.C3H8.C2H6/c1-3-8-4(9)5(2,6)7;1-4(2)3;1-3-2;1-2/h3H2,1-2H3,(H,8,9);4H,1-3H3;3H2,1-2H3;1-2H3. The zero-order chi connectivity index (χ0) is 15.8. The van der Waals surface area contributed by atoms with Crippen molar-refractivity contribution in [1.82, 2.24) is 5.32 Å². The Morgan fingerprint density at radius 2 is 1.33 bits per heavy atom. The van der Waals surface area contributed by atoms with E-state index in [4.69, 9.17) is 0 Å². The van der Waals surface area contributed by atoms with Crippen molar-refractivity contribution in [3.8, 4) is 0 Å². The van der Waals surface area contributed by atoms with E-state index in [9.17, 15) is 13.6 Å². The molecule has 0 spiro atoms. The zero-order valence-corrected chi connectivity index (χ0v) is 13.7. The monoisotopic (exact) mass is 269 g/mol. The Bertz CT molecular complexity index is 152. The van der Waals surface area contributed by atoms with Crippen molar-refractivity contribution in [2.24, 2.45) is 5.92 Å².